The number of aromatic nitrogens is 2. The summed E-state index contributed by atoms with van der Waals surface area (Å²) in [6, 6.07) is 0.414. The molecule has 3 nitrogen and oxygen atoms in total. The Bertz CT molecular complexity index is 306. The average Bonchev–Trinajstić information content (AvgIpc) is 2.70. The molecule has 3 aliphatic carbocycles. The Balaban J connectivity index is 1.88. The van der Waals surface area contributed by atoms with Gasteiger partial charge in [-0.3, -0.25) is 0 Å². The lowest BCUT2D eigenvalue weighted by atomic mass is 9.62. The molecule has 0 spiro atoms. The van der Waals surface area contributed by atoms with Gasteiger partial charge in [0.05, 0.1) is 0 Å². The second-order valence-electron chi connectivity index (χ2n) is 4.82. The molecule has 3 fully saturated rings. The predicted octanol–water partition coefficient (Wildman–Crippen LogP) is 1.64. The summed E-state index contributed by atoms with van der Waals surface area (Å²) in [6.07, 6.45) is 8.99. The molecule has 1 aromatic heterocycles. The van der Waals surface area contributed by atoms with E-state index in [4.69, 9.17) is 5.73 Å². The van der Waals surface area contributed by atoms with Crippen LogP contribution in [-0.4, -0.2) is 16.0 Å². The smallest absolute Gasteiger partial charge is 0.109 e. The van der Waals surface area contributed by atoms with Gasteiger partial charge in [-0.25, -0.2) is 4.98 Å². The summed E-state index contributed by atoms with van der Waals surface area (Å²) in [4.78, 5) is 7.63. The van der Waals surface area contributed by atoms with Gasteiger partial charge in [0, 0.05) is 24.4 Å². The van der Waals surface area contributed by atoms with Crippen molar-refractivity contribution in [2.24, 2.45) is 17.6 Å². The third-order valence-corrected chi connectivity index (χ3v) is 4.04. The van der Waals surface area contributed by atoms with E-state index in [2.05, 4.69) is 9.97 Å². The Morgan fingerprint density at radius 1 is 1.36 bits per heavy atom. The molecule has 0 saturated heterocycles. The van der Waals surface area contributed by atoms with Crippen molar-refractivity contribution in [2.75, 3.05) is 0 Å². The van der Waals surface area contributed by atoms with E-state index >= 15 is 0 Å². The van der Waals surface area contributed by atoms with Crippen LogP contribution in [0.25, 0.3) is 0 Å². The van der Waals surface area contributed by atoms with E-state index in [0.29, 0.717) is 17.9 Å². The molecule has 0 radical (unpaired) electrons. The molecule has 3 saturated carbocycles. The number of nitrogens with one attached hydrogen (secondary N) is 1. The molecule has 1 heterocycles. The highest BCUT2D eigenvalue weighted by molar-refractivity contribution is 5.08. The summed E-state index contributed by atoms with van der Waals surface area (Å²) < 4.78 is 0. The SMILES string of the molecule is NC1C[C@H]2CC[C@H]1[C@@H](c1ncc[nH]1)C2. The van der Waals surface area contributed by atoms with Crippen molar-refractivity contribution in [1.29, 1.82) is 0 Å². The molecule has 1 unspecified atom stereocenters. The third kappa shape index (κ3) is 1.19. The van der Waals surface area contributed by atoms with Gasteiger partial charge in [0.25, 0.3) is 0 Å². The normalized spacial score (nSPS) is 41.5. The fourth-order valence-electron chi connectivity index (χ4n) is 3.36. The van der Waals surface area contributed by atoms with Crippen molar-refractivity contribution >= 4 is 0 Å². The van der Waals surface area contributed by atoms with Gasteiger partial charge in [0.15, 0.2) is 0 Å². The lowest BCUT2D eigenvalue weighted by Gasteiger charge is -2.45. The maximum Gasteiger partial charge on any atom is 0.109 e. The lowest BCUT2D eigenvalue weighted by Crippen LogP contribution is -2.45. The predicted molar refractivity (Wildman–Crippen MR) is 54.8 cm³/mol. The zero-order valence-corrected chi connectivity index (χ0v) is 8.32. The average molecular weight is 191 g/mol. The summed E-state index contributed by atoms with van der Waals surface area (Å²) in [6.45, 7) is 0. The standard InChI is InChI=1S/C11H17N3/c12-10-6-7-1-2-8(10)9(5-7)11-13-3-4-14-11/h3-4,7-10H,1-2,5-6,12H2,(H,13,14)/t7-,8-,9-,10?/m0/s1. The van der Waals surface area contributed by atoms with Crippen LogP contribution in [0.2, 0.25) is 0 Å². The zero-order valence-electron chi connectivity index (χ0n) is 8.32. The van der Waals surface area contributed by atoms with E-state index in [1.165, 1.54) is 25.7 Å². The van der Waals surface area contributed by atoms with Gasteiger partial charge in [0.2, 0.25) is 0 Å². The molecule has 0 amide bonds. The van der Waals surface area contributed by atoms with Gasteiger partial charge >= 0.3 is 0 Å². The third-order valence-electron chi connectivity index (χ3n) is 4.04. The highest BCUT2D eigenvalue weighted by Gasteiger charge is 2.41. The second kappa shape index (κ2) is 3.09. The van der Waals surface area contributed by atoms with Crippen LogP contribution in [0.1, 0.15) is 37.4 Å². The summed E-state index contributed by atoms with van der Waals surface area (Å²) >= 11 is 0. The van der Waals surface area contributed by atoms with Crippen molar-refractivity contribution in [1.82, 2.24) is 9.97 Å². The zero-order chi connectivity index (χ0) is 9.54. The largest absolute Gasteiger partial charge is 0.348 e. The molecule has 4 rings (SSSR count). The van der Waals surface area contributed by atoms with Crippen LogP contribution in [0.5, 0.6) is 0 Å². The highest BCUT2D eigenvalue weighted by Crippen LogP contribution is 2.48. The van der Waals surface area contributed by atoms with Crippen LogP contribution in [0.3, 0.4) is 0 Å². The Kier molecular flexibility index (Phi) is 1.87. The van der Waals surface area contributed by atoms with Crippen LogP contribution in [0.4, 0.5) is 0 Å². The Labute approximate surface area is 84.1 Å². The molecular weight excluding hydrogens is 174 g/mol. The molecule has 1 aromatic rings. The minimum Gasteiger partial charge on any atom is -0.348 e. The molecule has 4 atom stereocenters. The van der Waals surface area contributed by atoms with Crippen molar-refractivity contribution in [3.63, 3.8) is 0 Å². The first-order valence-corrected chi connectivity index (χ1v) is 5.59. The van der Waals surface area contributed by atoms with Crippen molar-refractivity contribution in [2.45, 2.75) is 37.6 Å². The topological polar surface area (TPSA) is 54.7 Å². The number of fused-ring (bicyclic) bond motifs is 3. The van der Waals surface area contributed by atoms with Gasteiger partial charge in [0.1, 0.15) is 5.82 Å². The summed E-state index contributed by atoms with van der Waals surface area (Å²) in [7, 11) is 0. The fraction of sp³-hybridized carbons (Fsp3) is 0.727. The Morgan fingerprint density at radius 2 is 2.29 bits per heavy atom. The van der Waals surface area contributed by atoms with Gasteiger partial charge in [-0.2, -0.15) is 0 Å². The minimum absolute atomic E-state index is 0.414. The molecule has 3 N–H and O–H groups in total. The van der Waals surface area contributed by atoms with Gasteiger partial charge in [-0.05, 0) is 31.1 Å². The first kappa shape index (κ1) is 8.48. The number of nitrogens with two attached hydrogens (primary N) is 1. The Morgan fingerprint density at radius 3 is 2.93 bits per heavy atom. The van der Waals surface area contributed by atoms with Gasteiger partial charge in [-0.1, -0.05) is 6.42 Å². The lowest BCUT2D eigenvalue weighted by molar-refractivity contribution is 0.115. The minimum atomic E-state index is 0.414. The van der Waals surface area contributed by atoms with Gasteiger partial charge < -0.3 is 10.7 Å². The van der Waals surface area contributed by atoms with Crippen molar-refractivity contribution < 1.29 is 0 Å². The van der Waals surface area contributed by atoms with Crippen LogP contribution in [0, 0.1) is 11.8 Å². The summed E-state index contributed by atoms with van der Waals surface area (Å²) in [5.41, 5.74) is 6.17. The fourth-order valence-corrected chi connectivity index (χ4v) is 3.36. The molecule has 2 bridgehead atoms. The summed E-state index contributed by atoms with van der Waals surface area (Å²) in [5, 5.41) is 0. The maximum atomic E-state index is 6.17. The van der Waals surface area contributed by atoms with E-state index in [1.807, 2.05) is 12.4 Å². The first-order valence-electron chi connectivity index (χ1n) is 5.59. The Hall–Kier alpha value is -0.830. The van der Waals surface area contributed by atoms with E-state index in [0.717, 1.165) is 11.7 Å². The first-order chi connectivity index (χ1) is 6.84. The van der Waals surface area contributed by atoms with Crippen LogP contribution in [-0.2, 0) is 0 Å². The van der Waals surface area contributed by atoms with E-state index in [-0.39, 0.29) is 0 Å². The maximum absolute atomic E-state index is 6.17. The van der Waals surface area contributed by atoms with Crippen LogP contribution >= 0.6 is 0 Å². The molecule has 3 aliphatic rings. The van der Waals surface area contributed by atoms with Crippen molar-refractivity contribution in [3.8, 4) is 0 Å². The quantitative estimate of drug-likeness (QED) is 0.709. The molecule has 0 aromatic carbocycles. The number of imidazole rings is 1. The molecule has 14 heavy (non-hydrogen) atoms. The van der Waals surface area contributed by atoms with Crippen LogP contribution in [0.15, 0.2) is 12.4 Å². The molecule has 0 aliphatic heterocycles. The molecule has 3 heteroatoms. The number of aromatic amines is 1. The van der Waals surface area contributed by atoms with Crippen LogP contribution < -0.4 is 5.73 Å². The molecular formula is C11H17N3. The van der Waals surface area contributed by atoms with E-state index in [1.54, 1.807) is 0 Å². The van der Waals surface area contributed by atoms with E-state index < -0.39 is 0 Å². The number of rotatable bonds is 1. The highest BCUT2D eigenvalue weighted by atomic mass is 14.9. The monoisotopic (exact) mass is 191 g/mol. The number of nitrogens with zero attached hydrogens (tertiary/aromatic N) is 1. The number of hydrogen-bond donors (Lipinski definition) is 2. The van der Waals surface area contributed by atoms with Gasteiger partial charge in [-0.15, -0.1) is 0 Å². The summed E-state index contributed by atoms with van der Waals surface area (Å²) in [5.74, 6) is 3.29. The van der Waals surface area contributed by atoms with E-state index in [9.17, 15) is 0 Å². The number of H-pyrrole nitrogens is 1. The van der Waals surface area contributed by atoms with Crippen molar-refractivity contribution in [3.05, 3.63) is 18.2 Å². The second-order valence-corrected chi connectivity index (χ2v) is 4.82. The molecule has 76 valence electrons. The number of hydrogen-bond acceptors (Lipinski definition) is 2.